The van der Waals surface area contributed by atoms with Crippen molar-refractivity contribution in [3.63, 3.8) is 0 Å². The van der Waals surface area contributed by atoms with E-state index in [1.54, 1.807) is 21.9 Å². The molecule has 0 unspecified atom stereocenters. The predicted molar refractivity (Wildman–Crippen MR) is 99.2 cm³/mol. The first-order valence-electron chi connectivity index (χ1n) is 9.01. The summed E-state index contributed by atoms with van der Waals surface area (Å²) in [5.74, 6) is -0.0194. The lowest BCUT2D eigenvalue weighted by molar-refractivity contribution is -0.146. The van der Waals surface area contributed by atoms with Gasteiger partial charge in [0, 0.05) is 42.1 Å². The highest BCUT2D eigenvalue weighted by atomic mass is 35.5. The number of aliphatic hydroxyl groups is 1. The molecule has 1 atom stereocenters. The van der Waals surface area contributed by atoms with E-state index < -0.39 is 5.41 Å². The van der Waals surface area contributed by atoms with E-state index in [-0.39, 0.29) is 18.4 Å². The molecule has 2 aromatic rings. The van der Waals surface area contributed by atoms with E-state index >= 15 is 0 Å². The summed E-state index contributed by atoms with van der Waals surface area (Å²) in [5, 5.41) is 10.6. The minimum absolute atomic E-state index is 0.0275. The molecule has 2 aliphatic rings. The highest BCUT2D eigenvalue weighted by Crippen LogP contribution is 2.40. The fraction of sp³-hybridized carbons (Fsp3) is 0.474. The number of H-pyrrole nitrogens is 1. The number of halogens is 1. The van der Waals surface area contributed by atoms with Crippen LogP contribution in [0.15, 0.2) is 24.3 Å². The average molecular weight is 376 g/mol. The Kier molecular flexibility index (Phi) is 4.40. The SMILES string of the molecule is O=C(c1cc2c(Cl)cccc2[nH]1)N1CC[C@]2(CCCN(CCO)C2=O)C1. The molecule has 138 valence electrons. The number of hydrogen-bond acceptors (Lipinski definition) is 3. The number of benzene rings is 1. The number of carbonyl (C=O) groups excluding carboxylic acids is 2. The summed E-state index contributed by atoms with van der Waals surface area (Å²) >= 11 is 6.20. The second kappa shape index (κ2) is 6.59. The Balaban J connectivity index is 1.55. The van der Waals surface area contributed by atoms with Crippen LogP contribution in [0, 0.1) is 5.41 Å². The third kappa shape index (κ3) is 2.77. The second-order valence-electron chi connectivity index (χ2n) is 7.26. The summed E-state index contributed by atoms with van der Waals surface area (Å²) < 4.78 is 0. The monoisotopic (exact) mass is 375 g/mol. The van der Waals surface area contributed by atoms with Gasteiger partial charge in [0.05, 0.1) is 12.0 Å². The number of piperidine rings is 1. The second-order valence-corrected chi connectivity index (χ2v) is 7.67. The summed E-state index contributed by atoms with van der Waals surface area (Å²) in [6.45, 7) is 2.04. The molecule has 0 saturated carbocycles. The predicted octanol–water partition coefficient (Wildman–Crippen LogP) is 2.27. The van der Waals surface area contributed by atoms with Crippen molar-refractivity contribution in [2.75, 3.05) is 32.8 Å². The first-order chi connectivity index (χ1) is 12.5. The number of amides is 2. The van der Waals surface area contributed by atoms with Crippen molar-refractivity contribution in [2.45, 2.75) is 19.3 Å². The maximum absolute atomic E-state index is 13.0. The van der Waals surface area contributed by atoms with Crippen LogP contribution in [-0.4, -0.2) is 64.5 Å². The number of aromatic nitrogens is 1. The lowest BCUT2D eigenvalue weighted by Gasteiger charge is -2.39. The van der Waals surface area contributed by atoms with Crippen LogP contribution in [0.1, 0.15) is 29.8 Å². The fourth-order valence-corrected chi connectivity index (χ4v) is 4.54. The molecule has 0 aliphatic carbocycles. The molecule has 2 saturated heterocycles. The number of aliphatic hydroxyl groups excluding tert-OH is 1. The molecule has 0 bridgehead atoms. The van der Waals surface area contributed by atoms with Gasteiger partial charge in [-0.3, -0.25) is 9.59 Å². The van der Waals surface area contributed by atoms with Gasteiger partial charge in [-0.05, 0) is 37.5 Å². The molecule has 1 aromatic heterocycles. The van der Waals surface area contributed by atoms with Crippen molar-refractivity contribution in [1.29, 1.82) is 0 Å². The van der Waals surface area contributed by atoms with Gasteiger partial charge < -0.3 is 19.9 Å². The zero-order chi connectivity index (χ0) is 18.3. The van der Waals surface area contributed by atoms with Crippen LogP contribution in [0.25, 0.3) is 10.9 Å². The summed E-state index contributed by atoms with van der Waals surface area (Å²) in [6.07, 6.45) is 2.40. The number of aromatic amines is 1. The maximum Gasteiger partial charge on any atom is 0.270 e. The number of nitrogens with one attached hydrogen (secondary N) is 1. The van der Waals surface area contributed by atoms with Gasteiger partial charge in [0.25, 0.3) is 5.91 Å². The number of likely N-dealkylation sites (tertiary alicyclic amines) is 2. The number of hydrogen-bond donors (Lipinski definition) is 2. The summed E-state index contributed by atoms with van der Waals surface area (Å²) in [5.41, 5.74) is 0.838. The van der Waals surface area contributed by atoms with E-state index in [1.165, 1.54) is 0 Å². The van der Waals surface area contributed by atoms with Crippen molar-refractivity contribution < 1.29 is 14.7 Å². The Labute approximate surface area is 156 Å². The quantitative estimate of drug-likeness (QED) is 0.864. The topological polar surface area (TPSA) is 76.6 Å². The van der Waals surface area contributed by atoms with Crippen LogP contribution in [0.5, 0.6) is 0 Å². The Hall–Kier alpha value is -2.05. The molecule has 1 spiro atoms. The third-order valence-corrected chi connectivity index (χ3v) is 6.01. The zero-order valence-corrected chi connectivity index (χ0v) is 15.3. The van der Waals surface area contributed by atoms with E-state index in [9.17, 15) is 14.7 Å². The van der Waals surface area contributed by atoms with Crippen molar-refractivity contribution in [3.05, 3.63) is 35.0 Å². The zero-order valence-electron chi connectivity index (χ0n) is 14.5. The van der Waals surface area contributed by atoms with Crippen molar-refractivity contribution in [2.24, 2.45) is 5.41 Å². The largest absolute Gasteiger partial charge is 0.395 e. The summed E-state index contributed by atoms with van der Waals surface area (Å²) in [4.78, 5) is 32.5. The fourth-order valence-electron chi connectivity index (χ4n) is 4.31. The van der Waals surface area contributed by atoms with E-state index in [4.69, 9.17) is 11.6 Å². The molecule has 6 nitrogen and oxygen atoms in total. The van der Waals surface area contributed by atoms with E-state index in [0.717, 1.165) is 23.7 Å². The van der Waals surface area contributed by atoms with E-state index in [2.05, 4.69) is 4.98 Å². The Morgan fingerprint density at radius 2 is 2.15 bits per heavy atom. The molecular formula is C19H22ClN3O3. The standard InChI is InChI=1S/C19H22ClN3O3/c20-14-3-1-4-15-13(14)11-16(21-15)17(25)23-8-6-19(12-23)5-2-7-22(9-10-24)18(19)26/h1,3-4,11,21,24H,2,5-10,12H2/t19-/m1/s1. The van der Waals surface area contributed by atoms with Crippen LogP contribution >= 0.6 is 11.6 Å². The first-order valence-corrected chi connectivity index (χ1v) is 9.39. The summed E-state index contributed by atoms with van der Waals surface area (Å²) in [6, 6.07) is 7.32. The molecular weight excluding hydrogens is 354 g/mol. The Morgan fingerprint density at radius 1 is 1.31 bits per heavy atom. The number of β-amino-alcohol motifs (C(OH)–C–C–N with tert-alkyl or cyclic N) is 1. The molecule has 7 heteroatoms. The van der Waals surface area contributed by atoms with Crippen molar-refractivity contribution in [1.82, 2.24) is 14.8 Å². The van der Waals surface area contributed by atoms with Gasteiger partial charge in [0.1, 0.15) is 5.69 Å². The lowest BCUT2D eigenvalue weighted by Crippen LogP contribution is -2.51. The van der Waals surface area contributed by atoms with Crippen LogP contribution in [0.2, 0.25) is 5.02 Å². The molecule has 1 aromatic carbocycles. The molecule has 4 rings (SSSR count). The van der Waals surface area contributed by atoms with Gasteiger partial charge in [-0.15, -0.1) is 0 Å². The van der Waals surface area contributed by atoms with E-state index in [1.807, 2.05) is 12.1 Å². The highest BCUT2D eigenvalue weighted by molar-refractivity contribution is 6.35. The Morgan fingerprint density at radius 3 is 2.92 bits per heavy atom. The van der Waals surface area contributed by atoms with Crippen LogP contribution in [0.3, 0.4) is 0 Å². The van der Waals surface area contributed by atoms with Gasteiger partial charge in [-0.2, -0.15) is 0 Å². The Bertz CT molecular complexity index is 863. The number of nitrogens with zero attached hydrogens (tertiary/aromatic N) is 2. The smallest absolute Gasteiger partial charge is 0.270 e. The minimum Gasteiger partial charge on any atom is -0.395 e. The highest BCUT2D eigenvalue weighted by Gasteiger charge is 2.49. The van der Waals surface area contributed by atoms with Crippen molar-refractivity contribution in [3.8, 4) is 0 Å². The van der Waals surface area contributed by atoms with Crippen LogP contribution in [0.4, 0.5) is 0 Å². The minimum atomic E-state index is -0.493. The number of rotatable bonds is 3. The number of carbonyl (C=O) groups is 2. The third-order valence-electron chi connectivity index (χ3n) is 5.68. The van der Waals surface area contributed by atoms with Gasteiger partial charge >= 0.3 is 0 Å². The summed E-state index contributed by atoms with van der Waals surface area (Å²) in [7, 11) is 0. The molecule has 2 aliphatic heterocycles. The lowest BCUT2D eigenvalue weighted by atomic mass is 9.78. The van der Waals surface area contributed by atoms with Gasteiger partial charge in [0.15, 0.2) is 0 Å². The van der Waals surface area contributed by atoms with Gasteiger partial charge in [-0.25, -0.2) is 0 Å². The average Bonchev–Trinajstić information content (AvgIpc) is 3.25. The van der Waals surface area contributed by atoms with Crippen molar-refractivity contribution >= 4 is 34.3 Å². The molecule has 26 heavy (non-hydrogen) atoms. The molecule has 2 N–H and O–H groups in total. The van der Waals surface area contributed by atoms with E-state index in [0.29, 0.717) is 43.3 Å². The van der Waals surface area contributed by atoms with Gasteiger partial charge in [0.2, 0.25) is 5.91 Å². The number of fused-ring (bicyclic) bond motifs is 1. The molecule has 2 amide bonds. The molecule has 3 heterocycles. The first kappa shape index (κ1) is 17.4. The molecule has 2 fully saturated rings. The van der Waals surface area contributed by atoms with Crippen LogP contribution in [-0.2, 0) is 4.79 Å². The van der Waals surface area contributed by atoms with Crippen LogP contribution < -0.4 is 0 Å². The normalized spacial score (nSPS) is 23.4. The maximum atomic E-state index is 13.0. The molecule has 0 radical (unpaired) electrons. The van der Waals surface area contributed by atoms with Gasteiger partial charge in [-0.1, -0.05) is 17.7 Å².